The van der Waals surface area contributed by atoms with Gasteiger partial charge in [0, 0.05) is 54.2 Å². The summed E-state index contributed by atoms with van der Waals surface area (Å²) in [5, 5.41) is 10.1. The van der Waals surface area contributed by atoms with Gasteiger partial charge in [0.2, 0.25) is 0 Å². The molecule has 0 radical (unpaired) electrons. The number of nitrogens with one attached hydrogen (secondary N) is 1. The van der Waals surface area contributed by atoms with Gasteiger partial charge in [0.25, 0.3) is 0 Å². The molecule has 1 aliphatic heterocycles. The van der Waals surface area contributed by atoms with Gasteiger partial charge in [-0.1, -0.05) is 42.4 Å². The summed E-state index contributed by atoms with van der Waals surface area (Å²) in [6, 6.07) is 15.6. The summed E-state index contributed by atoms with van der Waals surface area (Å²) >= 11 is 3.36. The van der Waals surface area contributed by atoms with Crippen LogP contribution in [0.1, 0.15) is 42.3 Å². The van der Waals surface area contributed by atoms with Crippen LogP contribution >= 0.6 is 15.9 Å². The van der Waals surface area contributed by atoms with Gasteiger partial charge in [-0.25, -0.2) is 0 Å². The van der Waals surface area contributed by atoms with Crippen LogP contribution in [0.25, 0.3) is 10.8 Å². The van der Waals surface area contributed by atoms with Gasteiger partial charge in [0.1, 0.15) is 16.2 Å². The van der Waals surface area contributed by atoms with Crippen molar-refractivity contribution in [1.82, 2.24) is 20.0 Å². The molecule has 1 saturated carbocycles. The molecule has 0 unspecified atom stereocenters. The number of hydrogen-bond acceptors (Lipinski definition) is 8. The first-order chi connectivity index (χ1) is 19.4. The first-order valence-electron chi connectivity index (χ1n) is 14.2. The van der Waals surface area contributed by atoms with Gasteiger partial charge in [0.15, 0.2) is 0 Å². The largest absolute Gasteiger partial charge is 0.463 e. The second kappa shape index (κ2) is 11.4. The molecule has 1 N–H and O–H groups in total. The van der Waals surface area contributed by atoms with E-state index in [2.05, 4.69) is 93.6 Å². The normalized spacial score (nSPS) is 15.9. The van der Waals surface area contributed by atoms with Gasteiger partial charge in [-0.3, -0.25) is 0 Å². The summed E-state index contributed by atoms with van der Waals surface area (Å²) in [5.74, 6) is 1.69. The van der Waals surface area contributed by atoms with E-state index in [9.17, 15) is 0 Å². The zero-order chi connectivity index (χ0) is 27.7. The summed E-state index contributed by atoms with van der Waals surface area (Å²) in [5.41, 5.74) is 5.07. The van der Waals surface area contributed by atoms with E-state index in [4.69, 9.17) is 19.2 Å². The third kappa shape index (κ3) is 5.81. The minimum atomic E-state index is 0.210. The summed E-state index contributed by atoms with van der Waals surface area (Å²) in [6.45, 7) is 6.20. The summed E-state index contributed by atoms with van der Waals surface area (Å²) in [6.07, 6.45) is 4.94. The number of aromatic nitrogens is 3. The maximum absolute atomic E-state index is 6.31. The Morgan fingerprint density at radius 1 is 1.15 bits per heavy atom. The molecule has 0 spiro atoms. The van der Waals surface area contributed by atoms with Crippen molar-refractivity contribution >= 4 is 38.2 Å². The molecule has 0 atom stereocenters. The highest BCUT2D eigenvalue weighted by molar-refractivity contribution is 9.10. The van der Waals surface area contributed by atoms with Crippen molar-refractivity contribution in [3.05, 3.63) is 69.6 Å². The Labute approximate surface area is 244 Å². The molecule has 1 aliphatic carbocycles. The minimum Gasteiger partial charge on any atom is -0.463 e. The Hall–Kier alpha value is -3.17. The maximum Gasteiger partial charge on any atom is 0.318 e. The molecular weight excluding hydrogens is 568 g/mol. The van der Waals surface area contributed by atoms with Crippen LogP contribution in [0.5, 0.6) is 6.01 Å². The van der Waals surface area contributed by atoms with E-state index in [1.54, 1.807) is 0 Å². The predicted molar refractivity (Wildman–Crippen MR) is 162 cm³/mol. The Morgan fingerprint density at radius 2 is 1.98 bits per heavy atom. The lowest BCUT2D eigenvalue weighted by molar-refractivity contribution is 0.182. The number of halogens is 1. The van der Waals surface area contributed by atoms with Crippen LogP contribution in [0.15, 0.2) is 51.6 Å². The average Bonchev–Trinajstić information content (AvgIpc) is 3.59. The SMILES string of the molecule is CCc1cccc2cccc(N3CCc4c(nc(OCC5(CN(C)C)CC5)nc4NCCc4cc(Br)no4)C3)c12. The molecule has 3 heterocycles. The zero-order valence-electron chi connectivity index (χ0n) is 23.5. The quantitative estimate of drug-likeness (QED) is 0.227. The van der Waals surface area contributed by atoms with Crippen molar-refractivity contribution in [1.29, 1.82) is 0 Å². The number of nitrogens with zero attached hydrogens (tertiary/aromatic N) is 5. The van der Waals surface area contributed by atoms with Crippen molar-refractivity contribution in [3.63, 3.8) is 0 Å². The van der Waals surface area contributed by atoms with E-state index < -0.39 is 0 Å². The molecule has 0 saturated heterocycles. The first-order valence-corrected chi connectivity index (χ1v) is 15.0. The fourth-order valence-corrected chi connectivity index (χ4v) is 6.23. The number of ether oxygens (including phenoxy) is 1. The second-order valence-electron chi connectivity index (χ2n) is 11.4. The Kier molecular flexibility index (Phi) is 7.68. The number of rotatable bonds is 11. The topological polar surface area (TPSA) is 79.5 Å². The summed E-state index contributed by atoms with van der Waals surface area (Å²) < 4.78 is 12.4. The van der Waals surface area contributed by atoms with Crippen LogP contribution < -0.4 is 15.0 Å². The number of benzene rings is 2. The molecule has 0 bridgehead atoms. The highest BCUT2D eigenvalue weighted by atomic mass is 79.9. The highest BCUT2D eigenvalue weighted by Crippen LogP contribution is 2.46. The van der Waals surface area contributed by atoms with E-state index in [0.717, 1.165) is 49.7 Å². The smallest absolute Gasteiger partial charge is 0.318 e. The monoisotopic (exact) mass is 604 g/mol. The lowest BCUT2D eigenvalue weighted by Gasteiger charge is -2.32. The van der Waals surface area contributed by atoms with Gasteiger partial charge >= 0.3 is 6.01 Å². The van der Waals surface area contributed by atoms with Crippen molar-refractivity contribution < 1.29 is 9.26 Å². The van der Waals surface area contributed by atoms with Crippen molar-refractivity contribution in [2.45, 2.75) is 45.6 Å². The molecule has 2 aromatic heterocycles. The molecule has 1 fully saturated rings. The van der Waals surface area contributed by atoms with Crippen LogP contribution in [-0.2, 0) is 25.8 Å². The van der Waals surface area contributed by atoms with Crippen molar-refractivity contribution in [2.75, 3.05) is 50.6 Å². The molecule has 9 heteroatoms. The summed E-state index contributed by atoms with van der Waals surface area (Å²) in [7, 11) is 4.24. The van der Waals surface area contributed by atoms with Gasteiger partial charge < -0.3 is 24.4 Å². The van der Waals surface area contributed by atoms with Crippen molar-refractivity contribution in [2.24, 2.45) is 5.41 Å². The third-order valence-electron chi connectivity index (χ3n) is 8.05. The minimum absolute atomic E-state index is 0.210. The lowest BCUT2D eigenvalue weighted by Crippen LogP contribution is -2.33. The Bertz CT molecular complexity index is 1490. The van der Waals surface area contributed by atoms with E-state index in [1.165, 1.54) is 40.4 Å². The van der Waals surface area contributed by atoms with Gasteiger partial charge in [-0.15, -0.1) is 0 Å². The average molecular weight is 606 g/mol. The summed E-state index contributed by atoms with van der Waals surface area (Å²) in [4.78, 5) is 14.6. The molecule has 2 aliphatic rings. The van der Waals surface area contributed by atoms with E-state index >= 15 is 0 Å². The zero-order valence-corrected chi connectivity index (χ0v) is 25.1. The van der Waals surface area contributed by atoms with Crippen LogP contribution in [0.3, 0.4) is 0 Å². The predicted octanol–water partition coefficient (Wildman–Crippen LogP) is 5.88. The molecule has 0 amide bonds. The standard InChI is InChI=1S/C31H37BrN6O2/c1-4-21-7-5-8-22-9-6-10-26(28(21)22)38-16-12-24-25(18-38)34-30(39-20-31(13-14-31)19-37(2)3)35-29(24)33-15-11-23-17-27(32)36-40-23/h5-10,17H,4,11-16,18-20H2,1-3H3,(H,33,34,35). The number of fused-ring (bicyclic) bond motifs is 2. The highest BCUT2D eigenvalue weighted by Gasteiger charge is 2.44. The van der Waals surface area contributed by atoms with Gasteiger partial charge in [-0.2, -0.15) is 9.97 Å². The number of hydrogen-bond donors (Lipinski definition) is 1. The maximum atomic E-state index is 6.31. The van der Waals surface area contributed by atoms with Crippen LogP contribution in [0.4, 0.5) is 11.5 Å². The third-order valence-corrected chi connectivity index (χ3v) is 8.42. The number of anilines is 2. The molecule has 6 rings (SSSR count). The number of aryl methyl sites for hydroxylation is 1. The molecule has 2 aromatic carbocycles. The van der Waals surface area contributed by atoms with Gasteiger partial charge in [-0.05, 0) is 72.7 Å². The molecule has 4 aromatic rings. The van der Waals surface area contributed by atoms with E-state index in [0.29, 0.717) is 30.2 Å². The molecular formula is C31H37BrN6O2. The van der Waals surface area contributed by atoms with Crippen LogP contribution in [-0.4, -0.2) is 60.4 Å². The van der Waals surface area contributed by atoms with Gasteiger partial charge in [0.05, 0.1) is 18.8 Å². The van der Waals surface area contributed by atoms with Crippen LogP contribution in [0, 0.1) is 5.41 Å². The van der Waals surface area contributed by atoms with E-state index in [1.807, 2.05) is 6.07 Å². The van der Waals surface area contributed by atoms with Crippen LogP contribution in [0.2, 0.25) is 0 Å². The molecule has 8 nitrogen and oxygen atoms in total. The Balaban J connectivity index is 1.28. The fraction of sp³-hybridized carbons (Fsp3) is 0.452. The van der Waals surface area contributed by atoms with Crippen molar-refractivity contribution in [3.8, 4) is 6.01 Å². The van der Waals surface area contributed by atoms with E-state index in [-0.39, 0.29) is 5.41 Å². The molecule has 210 valence electrons. The first kappa shape index (κ1) is 27.0. The fourth-order valence-electron chi connectivity index (χ4n) is 5.90. The molecule has 40 heavy (non-hydrogen) atoms. The lowest BCUT2D eigenvalue weighted by atomic mass is 9.98. The Morgan fingerprint density at radius 3 is 2.70 bits per heavy atom. The second-order valence-corrected chi connectivity index (χ2v) is 12.2.